The molecule has 1 fully saturated rings. The summed E-state index contributed by atoms with van der Waals surface area (Å²) in [5.74, 6) is 1.61. The van der Waals surface area contributed by atoms with E-state index in [1.54, 1.807) is 18.0 Å². The number of carbonyl (C=O) groups is 1. The molecule has 0 radical (unpaired) electrons. The van der Waals surface area contributed by atoms with Gasteiger partial charge in [-0.15, -0.1) is 11.8 Å². The van der Waals surface area contributed by atoms with E-state index < -0.39 is 0 Å². The number of esters is 1. The van der Waals surface area contributed by atoms with Gasteiger partial charge in [-0.1, -0.05) is 6.92 Å². The lowest BCUT2D eigenvalue weighted by Gasteiger charge is -2.14. The summed E-state index contributed by atoms with van der Waals surface area (Å²) in [6.45, 7) is 2.78. The summed E-state index contributed by atoms with van der Waals surface area (Å²) in [5.41, 5.74) is 0.108. The second kappa shape index (κ2) is 6.97. The van der Waals surface area contributed by atoms with Gasteiger partial charge in [0.1, 0.15) is 5.03 Å². The molecule has 1 saturated carbocycles. The standard InChI is InChI=1S/C15H21NO3S/c1-3-9-19-12-5-4-8-16-14(12)20-11-15(6-7-15)10-13(17)18-2/h4-5,8H,3,6-7,9-11H2,1-2H3. The largest absolute Gasteiger partial charge is 0.491 e. The van der Waals surface area contributed by atoms with Crippen molar-refractivity contribution in [2.24, 2.45) is 5.41 Å². The molecule has 0 amide bonds. The molecule has 4 nitrogen and oxygen atoms in total. The normalized spacial score (nSPS) is 15.7. The highest BCUT2D eigenvalue weighted by atomic mass is 32.2. The fourth-order valence-corrected chi connectivity index (χ4v) is 3.19. The van der Waals surface area contributed by atoms with Crippen molar-refractivity contribution in [2.75, 3.05) is 19.5 Å². The van der Waals surface area contributed by atoms with E-state index in [0.717, 1.165) is 35.8 Å². The van der Waals surface area contributed by atoms with Gasteiger partial charge in [0.2, 0.25) is 0 Å². The third kappa shape index (κ3) is 4.13. The monoisotopic (exact) mass is 295 g/mol. The second-order valence-electron chi connectivity index (χ2n) is 5.20. The van der Waals surface area contributed by atoms with Crippen LogP contribution in [0.25, 0.3) is 0 Å². The fourth-order valence-electron chi connectivity index (χ4n) is 1.96. The van der Waals surface area contributed by atoms with Crippen molar-refractivity contribution in [3.8, 4) is 5.75 Å². The maximum absolute atomic E-state index is 11.4. The van der Waals surface area contributed by atoms with Gasteiger partial charge in [0.05, 0.1) is 20.1 Å². The predicted octanol–water partition coefficient (Wildman–Crippen LogP) is 3.31. The second-order valence-corrected chi connectivity index (χ2v) is 6.16. The zero-order valence-electron chi connectivity index (χ0n) is 12.1. The molecule has 0 saturated heterocycles. The number of hydrogen-bond acceptors (Lipinski definition) is 5. The Labute approximate surface area is 124 Å². The first-order valence-electron chi connectivity index (χ1n) is 6.96. The quantitative estimate of drug-likeness (QED) is 0.544. The van der Waals surface area contributed by atoms with Gasteiger partial charge >= 0.3 is 5.97 Å². The number of methoxy groups -OCH3 is 1. The maximum atomic E-state index is 11.4. The van der Waals surface area contributed by atoms with Crippen LogP contribution in [0.1, 0.15) is 32.6 Å². The molecule has 1 aromatic heterocycles. The topological polar surface area (TPSA) is 48.4 Å². The maximum Gasteiger partial charge on any atom is 0.306 e. The summed E-state index contributed by atoms with van der Waals surface area (Å²) in [5, 5.41) is 0.914. The fraction of sp³-hybridized carbons (Fsp3) is 0.600. The van der Waals surface area contributed by atoms with Gasteiger partial charge in [0.15, 0.2) is 5.75 Å². The highest BCUT2D eigenvalue weighted by Gasteiger charge is 2.44. The molecule has 0 aliphatic heterocycles. The highest BCUT2D eigenvalue weighted by Crippen LogP contribution is 2.52. The first-order chi connectivity index (χ1) is 9.69. The molecule has 5 heteroatoms. The van der Waals surface area contributed by atoms with Gasteiger partial charge in [-0.25, -0.2) is 4.98 Å². The van der Waals surface area contributed by atoms with Crippen LogP contribution in [0.15, 0.2) is 23.4 Å². The molecule has 0 N–H and O–H groups in total. The van der Waals surface area contributed by atoms with Crippen molar-refractivity contribution >= 4 is 17.7 Å². The number of thioether (sulfide) groups is 1. The van der Waals surface area contributed by atoms with E-state index in [9.17, 15) is 4.79 Å². The van der Waals surface area contributed by atoms with Gasteiger partial charge in [-0.3, -0.25) is 4.79 Å². The van der Waals surface area contributed by atoms with Gasteiger partial charge in [-0.05, 0) is 36.8 Å². The van der Waals surface area contributed by atoms with E-state index >= 15 is 0 Å². The van der Waals surface area contributed by atoms with Crippen molar-refractivity contribution in [3.63, 3.8) is 0 Å². The first kappa shape index (κ1) is 15.2. The molecular weight excluding hydrogens is 274 g/mol. The van der Waals surface area contributed by atoms with Crippen LogP contribution in [0.3, 0.4) is 0 Å². The Morgan fingerprint density at radius 1 is 1.50 bits per heavy atom. The summed E-state index contributed by atoms with van der Waals surface area (Å²) in [6, 6.07) is 3.83. The SMILES string of the molecule is CCCOc1cccnc1SCC1(CC(=O)OC)CC1. The van der Waals surface area contributed by atoms with Crippen molar-refractivity contribution in [2.45, 2.75) is 37.6 Å². The summed E-state index contributed by atoms with van der Waals surface area (Å²) in [6.07, 6.45) is 5.45. The molecule has 0 unspecified atom stereocenters. The third-order valence-corrected chi connectivity index (χ3v) is 4.75. The van der Waals surface area contributed by atoms with Crippen LogP contribution in [0.5, 0.6) is 5.75 Å². The molecule has 110 valence electrons. The molecule has 0 bridgehead atoms. The smallest absolute Gasteiger partial charge is 0.306 e. The molecule has 0 atom stereocenters. The zero-order valence-corrected chi connectivity index (χ0v) is 12.9. The molecule has 0 aromatic carbocycles. The lowest BCUT2D eigenvalue weighted by atomic mass is 10.1. The minimum Gasteiger partial charge on any atom is -0.491 e. The molecular formula is C15H21NO3S. The Kier molecular flexibility index (Phi) is 5.29. The lowest BCUT2D eigenvalue weighted by Crippen LogP contribution is -2.13. The van der Waals surface area contributed by atoms with Crippen molar-refractivity contribution in [1.29, 1.82) is 0 Å². The number of rotatable bonds is 8. The summed E-state index contributed by atoms with van der Waals surface area (Å²) >= 11 is 1.68. The van der Waals surface area contributed by atoms with Crippen LogP contribution in [0.2, 0.25) is 0 Å². The number of carbonyl (C=O) groups excluding carboxylic acids is 1. The summed E-state index contributed by atoms with van der Waals surface area (Å²) < 4.78 is 10.5. The van der Waals surface area contributed by atoms with Gasteiger partial charge in [0.25, 0.3) is 0 Å². The molecule has 20 heavy (non-hydrogen) atoms. The lowest BCUT2D eigenvalue weighted by molar-refractivity contribution is -0.141. The minimum atomic E-state index is -0.119. The number of aromatic nitrogens is 1. The van der Waals surface area contributed by atoms with Crippen molar-refractivity contribution in [1.82, 2.24) is 4.98 Å². The van der Waals surface area contributed by atoms with Gasteiger partial charge < -0.3 is 9.47 Å². The van der Waals surface area contributed by atoms with Crippen LogP contribution in [-0.2, 0) is 9.53 Å². The van der Waals surface area contributed by atoms with Crippen molar-refractivity contribution < 1.29 is 14.3 Å². The Morgan fingerprint density at radius 3 is 2.95 bits per heavy atom. The Bertz CT molecular complexity index is 460. The molecule has 1 heterocycles. The van der Waals surface area contributed by atoms with Crippen LogP contribution < -0.4 is 4.74 Å². The van der Waals surface area contributed by atoms with Crippen LogP contribution >= 0.6 is 11.8 Å². The van der Waals surface area contributed by atoms with Crippen LogP contribution in [-0.4, -0.2) is 30.4 Å². The average Bonchev–Trinajstić information content (AvgIpc) is 3.23. The van der Waals surface area contributed by atoms with Gasteiger partial charge in [0, 0.05) is 11.9 Å². The number of ether oxygens (including phenoxy) is 2. The third-order valence-electron chi connectivity index (χ3n) is 3.42. The Balaban J connectivity index is 1.92. The van der Waals surface area contributed by atoms with E-state index in [-0.39, 0.29) is 11.4 Å². The molecule has 1 aromatic rings. The van der Waals surface area contributed by atoms with E-state index in [1.165, 1.54) is 7.11 Å². The molecule has 2 rings (SSSR count). The van der Waals surface area contributed by atoms with E-state index in [4.69, 9.17) is 9.47 Å². The average molecular weight is 295 g/mol. The number of pyridine rings is 1. The van der Waals surface area contributed by atoms with E-state index in [1.807, 2.05) is 12.1 Å². The number of hydrogen-bond donors (Lipinski definition) is 0. The predicted molar refractivity (Wildman–Crippen MR) is 79.0 cm³/mol. The summed E-state index contributed by atoms with van der Waals surface area (Å²) in [7, 11) is 1.45. The zero-order chi connectivity index (χ0) is 14.4. The first-order valence-corrected chi connectivity index (χ1v) is 7.95. The summed E-state index contributed by atoms with van der Waals surface area (Å²) in [4.78, 5) is 15.8. The minimum absolute atomic E-state index is 0.108. The number of nitrogens with zero attached hydrogens (tertiary/aromatic N) is 1. The van der Waals surface area contributed by atoms with E-state index in [2.05, 4.69) is 11.9 Å². The molecule has 0 spiro atoms. The Morgan fingerprint density at radius 2 is 2.30 bits per heavy atom. The van der Waals surface area contributed by atoms with Crippen molar-refractivity contribution in [3.05, 3.63) is 18.3 Å². The van der Waals surface area contributed by atoms with Gasteiger partial charge in [-0.2, -0.15) is 0 Å². The molecule has 1 aliphatic rings. The molecule has 1 aliphatic carbocycles. The van der Waals surface area contributed by atoms with Crippen LogP contribution in [0, 0.1) is 5.41 Å². The highest BCUT2D eigenvalue weighted by molar-refractivity contribution is 7.99. The van der Waals surface area contributed by atoms with Crippen LogP contribution in [0.4, 0.5) is 0 Å². The van der Waals surface area contributed by atoms with E-state index in [0.29, 0.717) is 13.0 Å². The Hall–Kier alpha value is -1.23.